The van der Waals surface area contributed by atoms with Gasteiger partial charge in [-0.3, -0.25) is 0 Å². The molecule has 0 amide bonds. The molecule has 4 nitrogen and oxygen atoms in total. The molecule has 0 aliphatic rings. The zero-order valence-corrected chi connectivity index (χ0v) is 14.1. The smallest absolute Gasteiger partial charge is 0.179 e. The van der Waals surface area contributed by atoms with Crippen molar-refractivity contribution in [2.75, 3.05) is 7.11 Å². The van der Waals surface area contributed by atoms with Crippen LogP contribution < -0.4 is 4.74 Å². The van der Waals surface area contributed by atoms with Crippen molar-refractivity contribution in [1.82, 2.24) is 15.0 Å². The molecule has 4 heteroatoms. The fourth-order valence-electron chi connectivity index (χ4n) is 2.91. The summed E-state index contributed by atoms with van der Waals surface area (Å²) < 4.78 is 5.56. The summed E-state index contributed by atoms with van der Waals surface area (Å²) in [5.41, 5.74) is 4.41. The number of aryl methyl sites for hydroxylation is 1. The normalized spacial score (nSPS) is 10.8. The first-order valence-corrected chi connectivity index (χ1v) is 8.10. The molecule has 0 aliphatic carbocycles. The van der Waals surface area contributed by atoms with Gasteiger partial charge in [-0.25, -0.2) is 15.0 Å². The lowest BCUT2D eigenvalue weighted by atomic mass is 10.1. The van der Waals surface area contributed by atoms with Crippen molar-refractivity contribution < 1.29 is 4.74 Å². The molecule has 0 bridgehead atoms. The summed E-state index contributed by atoms with van der Waals surface area (Å²) >= 11 is 0. The van der Waals surface area contributed by atoms with Crippen LogP contribution in [-0.2, 0) is 0 Å². The summed E-state index contributed by atoms with van der Waals surface area (Å²) in [5, 5.41) is 0.910. The van der Waals surface area contributed by atoms with Crippen molar-refractivity contribution in [2.24, 2.45) is 0 Å². The van der Waals surface area contributed by atoms with Crippen LogP contribution in [-0.4, -0.2) is 22.1 Å². The number of hydrogen-bond donors (Lipinski definition) is 0. The van der Waals surface area contributed by atoms with Gasteiger partial charge in [0.05, 0.1) is 23.7 Å². The quantitative estimate of drug-likeness (QED) is 0.548. The van der Waals surface area contributed by atoms with E-state index in [1.54, 1.807) is 7.11 Å². The Balaban J connectivity index is 2.05. The third-order valence-corrected chi connectivity index (χ3v) is 4.07. The number of aromatic nitrogens is 3. The first-order chi connectivity index (χ1) is 12.3. The van der Waals surface area contributed by atoms with E-state index < -0.39 is 0 Å². The standard InChI is InChI=1S/C21H17N3O/c1-14-8-6-12-17(22-14)21-23-16-11-7-13-18(25-2)19(16)20(24-21)15-9-4-3-5-10-15/h3-13H,1-2H3. The number of methoxy groups -OCH3 is 1. The van der Waals surface area contributed by atoms with Gasteiger partial charge >= 0.3 is 0 Å². The fraction of sp³-hybridized carbons (Fsp3) is 0.0952. The SMILES string of the molecule is COc1cccc2nc(-c3cccc(C)n3)nc(-c3ccccc3)c12. The van der Waals surface area contributed by atoms with Gasteiger partial charge in [0, 0.05) is 11.3 Å². The lowest BCUT2D eigenvalue weighted by Gasteiger charge is -2.12. The summed E-state index contributed by atoms with van der Waals surface area (Å²) in [7, 11) is 1.67. The van der Waals surface area contributed by atoms with E-state index in [0.29, 0.717) is 5.82 Å². The molecular formula is C21H17N3O. The van der Waals surface area contributed by atoms with E-state index in [9.17, 15) is 0 Å². The van der Waals surface area contributed by atoms with Crippen molar-refractivity contribution in [3.05, 3.63) is 72.4 Å². The number of fused-ring (bicyclic) bond motifs is 1. The molecule has 0 saturated heterocycles. The highest BCUT2D eigenvalue weighted by Gasteiger charge is 2.15. The second-order valence-corrected chi connectivity index (χ2v) is 5.78. The maximum absolute atomic E-state index is 5.56. The number of hydrogen-bond acceptors (Lipinski definition) is 4. The summed E-state index contributed by atoms with van der Waals surface area (Å²) in [5.74, 6) is 1.38. The molecular weight excluding hydrogens is 310 g/mol. The number of rotatable bonds is 3. The van der Waals surface area contributed by atoms with Crippen LogP contribution in [0.1, 0.15) is 5.69 Å². The van der Waals surface area contributed by atoms with Crippen LogP contribution in [0.2, 0.25) is 0 Å². The number of pyridine rings is 1. The summed E-state index contributed by atoms with van der Waals surface area (Å²) in [4.78, 5) is 14.1. The van der Waals surface area contributed by atoms with Crippen LogP contribution in [0.4, 0.5) is 0 Å². The van der Waals surface area contributed by atoms with E-state index in [1.807, 2.05) is 73.7 Å². The molecule has 2 aromatic carbocycles. The molecule has 0 aliphatic heterocycles. The van der Waals surface area contributed by atoms with Gasteiger partial charge in [0.1, 0.15) is 11.4 Å². The van der Waals surface area contributed by atoms with Crippen LogP contribution >= 0.6 is 0 Å². The molecule has 0 saturated carbocycles. The van der Waals surface area contributed by atoms with Crippen LogP contribution in [0.25, 0.3) is 33.7 Å². The topological polar surface area (TPSA) is 47.9 Å². The third kappa shape index (κ3) is 2.83. The van der Waals surface area contributed by atoms with Crippen LogP contribution in [0.15, 0.2) is 66.7 Å². The van der Waals surface area contributed by atoms with E-state index in [-0.39, 0.29) is 0 Å². The Morgan fingerprint density at radius 1 is 0.760 bits per heavy atom. The van der Waals surface area contributed by atoms with Gasteiger partial charge in [-0.1, -0.05) is 42.5 Å². The summed E-state index contributed by atoms with van der Waals surface area (Å²) in [6, 6.07) is 21.8. The van der Waals surface area contributed by atoms with Gasteiger partial charge in [-0.15, -0.1) is 0 Å². The molecule has 2 heterocycles. The molecule has 0 unspecified atom stereocenters. The van der Waals surface area contributed by atoms with Crippen molar-refractivity contribution >= 4 is 10.9 Å². The number of ether oxygens (including phenoxy) is 1. The van der Waals surface area contributed by atoms with Crippen molar-refractivity contribution in [3.8, 4) is 28.5 Å². The van der Waals surface area contributed by atoms with Gasteiger partial charge in [-0.05, 0) is 31.2 Å². The molecule has 0 N–H and O–H groups in total. The Morgan fingerprint density at radius 3 is 2.32 bits per heavy atom. The molecule has 0 atom stereocenters. The highest BCUT2D eigenvalue weighted by molar-refractivity contribution is 5.98. The molecule has 0 fully saturated rings. The lowest BCUT2D eigenvalue weighted by molar-refractivity contribution is 0.420. The predicted molar refractivity (Wildman–Crippen MR) is 99.5 cm³/mol. The third-order valence-electron chi connectivity index (χ3n) is 4.07. The average molecular weight is 327 g/mol. The van der Waals surface area contributed by atoms with E-state index in [4.69, 9.17) is 14.7 Å². The predicted octanol–water partition coefficient (Wildman–Crippen LogP) is 4.68. The van der Waals surface area contributed by atoms with Gasteiger partial charge in [0.2, 0.25) is 0 Å². The van der Waals surface area contributed by atoms with Gasteiger partial charge in [0.25, 0.3) is 0 Å². The summed E-state index contributed by atoms with van der Waals surface area (Å²) in [6.45, 7) is 1.96. The average Bonchev–Trinajstić information content (AvgIpc) is 2.67. The molecule has 4 aromatic rings. The van der Waals surface area contributed by atoms with Crippen molar-refractivity contribution in [2.45, 2.75) is 6.92 Å². The second kappa shape index (κ2) is 6.32. The maximum atomic E-state index is 5.56. The monoisotopic (exact) mass is 327 g/mol. The Bertz CT molecular complexity index is 1050. The van der Waals surface area contributed by atoms with Crippen molar-refractivity contribution in [3.63, 3.8) is 0 Å². The van der Waals surface area contributed by atoms with Crippen molar-refractivity contribution in [1.29, 1.82) is 0 Å². The summed E-state index contributed by atoms with van der Waals surface area (Å²) in [6.07, 6.45) is 0. The minimum Gasteiger partial charge on any atom is -0.496 e. The lowest BCUT2D eigenvalue weighted by Crippen LogP contribution is -1.98. The Morgan fingerprint density at radius 2 is 1.56 bits per heavy atom. The first kappa shape index (κ1) is 15.3. The van der Waals surface area contributed by atoms with Gasteiger partial charge in [0.15, 0.2) is 5.82 Å². The van der Waals surface area contributed by atoms with Crippen LogP contribution in [0.3, 0.4) is 0 Å². The molecule has 0 spiro atoms. The highest BCUT2D eigenvalue weighted by atomic mass is 16.5. The van der Waals surface area contributed by atoms with Gasteiger partial charge < -0.3 is 4.74 Å². The first-order valence-electron chi connectivity index (χ1n) is 8.10. The number of nitrogens with zero attached hydrogens (tertiary/aromatic N) is 3. The van der Waals surface area contributed by atoms with Crippen LogP contribution in [0.5, 0.6) is 5.75 Å². The number of benzene rings is 2. The molecule has 0 radical (unpaired) electrons. The molecule has 4 rings (SSSR count). The van der Waals surface area contributed by atoms with Crippen LogP contribution in [0, 0.1) is 6.92 Å². The maximum Gasteiger partial charge on any atom is 0.179 e. The Hall–Kier alpha value is -3.27. The zero-order chi connectivity index (χ0) is 17.2. The Kier molecular flexibility index (Phi) is 3.86. The Labute approximate surface area is 146 Å². The van der Waals surface area contributed by atoms with Gasteiger partial charge in [-0.2, -0.15) is 0 Å². The minimum absolute atomic E-state index is 0.614. The molecule has 2 aromatic heterocycles. The van der Waals surface area contributed by atoms with E-state index >= 15 is 0 Å². The minimum atomic E-state index is 0.614. The fourth-order valence-corrected chi connectivity index (χ4v) is 2.91. The van der Waals surface area contributed by atoms with E-state index in [0.717, 1.165) is 39.3 Å². The van der Waals surface area contributed by atoms with E-state index in [2.05, 4.69) is 4.98 Å². The highest BCUT2D eigenvalue weighted by Crippen LogP contribution is 2.34. The second-order valence-electron chi connectivity index (χ2n) is 5.78. The zero-order valence-electron chi connectivity index (χ0n) is 14.1. The largest absolute Gasteiger partial charge is 0.496 e. The molecule has 25 heavy (non-hydrogen) atoms. The van der Waals surface area contributed by atoms with E-state index in [1.165, 1.54) is 0 Å². The molecule has 122 valence electrons.